The normalized spacial score (nSPS) is 13.7. The van der Waals surface area contributed by atoms with Crippen molar-refractivity contribution in [2.75, 3.05) is 69.0 Å². The van der Waals surface area contributed by atoms with E-state index in [0.29, 0.717) is 186 Å². The smallest absolute Gasteiger partial charge is 0.262 e. The Bertz CT molecular complexity index is 5610. The van der Waals surface area contributed by atoms with Gasteiger partial charge >= 0.3 is 0 Å². The van der Waals surface area contributed by atoms with Gasteiger partial charge in [0.25, 0.3) is 23.6 Å². The van der Waals surface area contributed by atoms with Crippen LogP contribution < -0.4 is 63.1 Å². The second-order valence-corrected chi connectivity index (χ2v) is 33.1. The molecule has 12 N–H and O–H groups in total. The minimum absolute atomic E-state index is 0.0000756. The summed E-state index contributed by atoms with van der Waals surface area (Å²) in [4.78, 5) is 76.8. The maximum absolute atomic E-state index is 13.1. The van der Waals surface area contributed by atoms with Crippen LogP contribution in [0.15, 0.2) is 55.1 Å². The number of amides is 3. The van der Waals surface area contributed by atoms with Crippen molar-refractivity contribution in [3.05, 3.63) is 137 Å². The molecule has 0 atom stereocenters. The van der Waals surface area contributed by atoms with Gasteiger partial charge in [-0.25, -0.2) is 48.7 Å². The average molecular weight is 1730 g/mol. The first-order chi connectivity index (χ1) is 52.6. The number of alkyl halides is 2. The number of rotatable bonds is 16. The third-order valence-electron chi connectivity index (χ3n) is 17.7. The summed E-state index contributed by atoms with van der Waals surface area (Å²) in [6, 6.07) is 14.3. The molecule has 12 heterocycles. The van der Waals surface area contributed by atoms with E-state index in [0.717, 1.165) is 108 Å². The lowest BCUT2D eigenvalue weighted by Crippen LogP contribution is -2.34. The summed E-state index contributed by atoms with van der Waals surface area (Å²) in [6.45, 7) is 11.4. The molecule has 8 aromatic heterocycles. The second kappa shape index (κ2) is 32.3. The zero-order chi connectivity index (χ0) is 77.9. The van der Waals surface area contributed by atoms with E-state index < -0.39 is 18.4 Å². The number of nitrogens with one attached hydrogen (secondary N) is 4. The molecule has 1 saturated carbocycles. The van der Waals surface area contributed by atoms with Crippen LogP contribution in [0.25, 0.3) is 91.6 Å². The van der Waals surface area contributed by atoms with Gasteiger partial charge < -0.3 is 63.1 Å². The molecular formula is C73H62Cl8F2N16O7S4. The molecule has 3 amide bonds. The molecule has 0 radical (unpaired) electrons. The molecule has 0 spiro atoms. The average Bonchev–Trinajstić information content (AvgIpc) is 1.57. The number of anilines is 4. The second-order valence-electron chi connectivity index (χ2n) is 25.7. The fourth-order valence-electron chi connectivity index (χ4n) is 12.7. The molecule has 23 nitrogen and oxygen atoms in total. The van der Waals surface area contributed by atoms with Crippen LogP contribution >= 0.6 is 138 Å². The van der Waals surface area contributed by atoms with Crippen molar-refractivity contribution in [1.29, 1.82) is 0 Å². The zero-order valence-electron chi connectivity index (χ0n) is 58.2. The number of hydrogen-bond acceptors (Lipinski definition) is 24. The van der Waals surface area contributed by atoms with Crippen LogP contribution in [0, 0.1) is 0 Å². The largest absolute Gasteiger partial charge is 0.491 e. The van der Waals surface area contributed by atoms with Crippen LogP contribution in [-0.4, -0.2) is 116 Å². The molecule has 1 aliphatic carbocycles. The SMILES string of the molecule is C=C(NC1CC1)c1cc2c(-c3c(Cl)cc(Cl)c4c3CCO4)nc(N)nc2s1.CC(F)(F)CNC(=O)c1cc2c(-c3c(Cl)cc(Cl)c4c3CCO4)nc(N)nc2s1.CCCNC(=O)c1cc2c(-c3c(Cl)cc(Cl)c4c3CCO4)nc(N)nc2s1.CCCNC(=O)c1cc2c(-c3c(Cl)cc(Cl)c4c3CCO4)nc(N)nc2s1. The minimum Gasteiger partial charge on any atom is -0.491 e. The molecular weight excluding hydrogens is 1660 g/mol. The Balaban J connectivity index is 0.000000122. The Kier molecular flexibility index (Phi) is 23.0. The van der Waals surface area contributed by atoms with E-state index in [1.165, 1.54) is 35.5 Å². The highest BCUT2D eigenvalue weighted by Gasteiger charge is 2.33. The fourth-order valence-corrected chi connectivity index (χ4v) is 19.2. The molecule has 0 unspecified atom stereocenters. The van der Waals surface area contributed by atoms with E-state index in [1.54, 1.807) is 53.8 Å². The van der Waals surface area contributed by atoms with Gasteiger partial charge in [-0.1, -0.05) is 113 Å². The van der Waals surface area contributed by atoms with Gasteiger partial charge in [0.2, 0.25) is 23.8 Å². The van der Waals surface area contributed by atoms with Gasteiger partial charge in [-0.05, 0) is 74.2 Å². The van der Waals surface area contributed by atoms with Crippen molar-refractivity contribution in [2.24, 2.45) is 0 Å². The summed E-state index contributed by atoms with van der Waals surface area (Å²) in [5.74, 6) is -1.00. The van der Waals surface area contributed by atoms with Gasteiger partial charge in [-0.3, -0.25) is 14.4 Å². The first-order valence-corrected chi connectivity index (χ1v) is 40.4. The Morgan fingerprint density at radius 3 is 0.991 bits per heavy atom. The molecule has 0 bridgehead atoms. The number of nitrogens with zero attached hydrogens (tertiary/aromatic N) is 8. The number of nitrogen functional groups attached to an aromatic ring is 4. The Morgan fingerprint density at radius 2 is 0.718 bits per heavy atom. The van der Waals surface area contributed by atoms with Gasteiger partial charge in [-0.2, -0.15) is 0 Å². The summed E-state index contributed by atoms with van der Waals surface area (Å²) in [6.07, 6.45) is 6.75. The Hall–Kier alpha value is -8.43. The number of hydrogen-bond donors (Lipinski definition) is 8. The number of carbonyl (C=O) groups excluding carboxylic acids is 3. The monoisotopic (exact) mass is 1720 g/mol. The van der Waals surface area contributed by atoms with Crippen LogP contribution in [0.1, 0.15) is 103 Å². The lowest BCUT2D eigenvalue weighted by Gasteiger charge is -2.12. The van der Waals surface area contributed by atoms with Crippen molar-refractivity contribution < 1.29 is 42.1 Å². The highest BCUT2D eigenvalue weighted by atomic mass is 35.5. The number of halogens is 10. The van der Waals surface area contributed by atoms with Crippen LogP contribution in [0.4, 0.5) is 32.6 Å². The standard InChI is InChI=1S/C19H16Cl2N4OS.C18H14Cl2F2N4O2S.2C18H16Cl2N4O2S/c1-8(23-9-2-3-9)14-6-11-16(24-19(22)25-18(11)27-14)15-10-4-5-26-17(10)13(21)7-12(15)20;1-18(21,22)6-24-15(27)11-4-8-13(25-17(23)26-16(8)29-11)12-7-2-3-28-14(7)10(20)5-9(12)19;2*1-2-4-22-16(25)12-6-9-14(23-18(21)24-17(9)27-12)13-8-3-5-26-15(8)11(20)7-10(13)19/h6-7,9,23H,1-5H2,(H2,22,24,25);4-5H,2-3,6H2,1H3,(H,24,27)(H2,23,25,26);2*6-7H,2-5H2,1H3,(H,22,25)(H2,21,23,24). The number of fused-ring (bicyclic) bond motifs is 8. The lowest BCUT2D eigenvalue weighted by molar-refractivity contribution is 0.0221. The van der Waals surface area contributed by atoms with Gasteiger partial charge in [0.15, 0.2) is 0 Å². The lowest BCUT2D eigenvalue weighted by atomic mass is 10.00. The van der Waals surface area contributed by atoms with Gasteiger partial charge in [0.1, 0.15) is 42.3 Å². The van der Waals surface area contributed by atoms with E-state index in [9.17, 15) is 23.2 Å². The molecule has 17 rings (SSSR count). The number of benzene rings is 4. The van der Waals surface area contributed by atoms with E-state index >= 15 is 0 Å². The summed E-state index contributed by atoms with van der Waals surface area (Å²) in [5, 5.41) is 18.0. The van der Waals surface area contributed by atoms with Gasteiger partial charge in [0.05, 0.1) is 115 Å². The Morgan fingerprint density at radius 1 is 0.445 bits per heavy atom. The molecule has 110 heavy (non-hydrogen) atoms. The van der Waals surface area contributed by atoms with E-state index in [4.69, 9.17) is 135 Å². The molecule has 5 aliphatic rings. The number of ether oxygens (including phenoxy) is 4. The van der Waals surface area contributed by atoms with Crippen molar-refractivity contribution in [3.8, 4) is 68.0 Å². The van der Waals surface area contributed by atoms with Crippen LogP contribution in [0.5, 0.6) is 23.0 Å². The van der Waals surface area contributed by atoms with Crippen LogP contribution in [0.3, 0.4) is 0 Å². The van der Waals surface area contributed by atoms with Crippen molar-refractivity contribution in [2.45, 2.75) is 84.1 Å². The summed E-state index contributed by atoms with van der Waals surface area (Å²) in [5.41, 5.74) is 33.4. The first kappa shape index (κ1) is 78.3. The van der Waals surface area contributed by atoms with Crippen molar-refractivity contribution >= 4 is 226 Å². The highest BCUT2D eigenvalue weighted by Crippen LogP contribution is 2.52. The van der Waals surface area contributed by atoms with Gasteiger partial charge in [-0.15, -0.1) is 45.3 Å². The quantitative estimate of drug-likeness (QED) is 0.0445. The third kappa shape index (κ3) is 16.2. The maximum Gasteiger partial charge on any atom is 0.262 e. The number of nitrogens with two attached hydrogens (primary N) is 4. The summed E-state index contributed by atoms with van der Waals surface area (Å²) < 4.78 is 48.7. The van der Waals surface area contributed by atoms with Crippen molar-refractivity contribution in [3.63, 3.8) is 0 Å². The maximum atomic E-state index is 13.1. The predicted molar refractivity (Wildman–Crippen MR) is 439 cm³/mol. The minimum atomic E-state index is -3.01. The molecule has 12 aromatic rings. The van der Waals surface area contributed by atoms with Gasteiger partial charge in [0, 0.05) is 123 Å². The number of carbonyl (C=O) groups is 3. The molecule has 1 fully saturated rings. The van der Waals surface area contributed by atoms with E-state index in [-0.39, 0.29) is 40.5 Å². The first-order valence-electron chi connectivity index (χ1n) is 34.2. The zero-order valence-corrected chi connectivity index (χ0v) is 67.5. The molecule has 4 aliphatic heterocycles. The Labute approximate surface area is 682 Å². The third-order valence-corrected chi connectivity index (χ3v) is 24.2. The van der Waals surface area contributed by atoms with Crippen molar-refractivity contribution in [1.82, 2.24) is 61.1 Å². The molecule has 0 saturated heterocycles. The predicted octanol–water partition coefficient (Wildman–Crippen LogP) is 18.1. The topological polar surface area (TPSA) is 343 Å². The molecule has 4 aromatic carbocycles. The van der Waals surface area contributed by atoms with Crippen LogP contribution in [0.2, 0.25) is 40.2 Å². The number of aromatic nitrogens is 8. The molecule has 37 heteroatoms. The van der Waals surface area contributed by atoms with E-state index in [2.05, 4.69) is 73.8 Å². The van der Waals surface area contributed by atoms with E-state index in [1.807, 2.05) is 13.8 Å². The summed E-state index contributed by atoms with van der Waals surface area (Å²) in [7, 11) is 0. The summed E-state index contributed by atoms with van der Waals surface area (Å²) >= 11 is 56.3. The number of thiophene rings is 4. The fraction of sp³-hybridized carbons (Fsp3) is 0.274. The highest BCUT2D eigenvalue weighted by molar-refractivity contribution is 7.21. The van der Waals surface area contributed by atoms with Crippen LogP contribution in [-0.2, 0) is 25.7 Å². The molecule has 570 valence electrons.